The van der Waals surface area contributed by atoms with Crippen LogP contribution in [-0.4, -0.2) is 36.5 Å². The standard InChI is InChI=1S/C14H29NO2/c1-11(14(2,3)4)15-9-12(16)10-17-13-7-5-6-8-13/h11-13,15-16H,5-10H2,1-4H3. The first kappa shape index (κ1) is 14.9. The lowest BCUT2D eigenvalue weighted by molar-refractivity contribution is -0.00717. The largest absolute Gasteiger partial charge is 0.389 e. The average Bonchev–Trinajstić information content (AvgIpc) is 2.74. The van der Waals surface area contributed by atoms with E-state index in [1.165, 1.54) is 25.7 Å². The first-order valence-corrected chi connectivity index (χ1v) is 6.92. The average molecular weight is 243 g/mol. The van der Waals surface area contributed by atoms with Crippen LogP contribution in [-0.2, 0) is 4.74 Å². The molecule has 0 heterocycles. The van der Waals surface area contributed by atoms with Crippen LogP contribution in [0.25, 0.3) is 0 Å². The Bertz CT molecular complexity index is 207. The maximum Gasteiger partial charge on any atom is 0.0897 e. The summed E-state index contributed by atoms with van der Waals surface area (Å²) in [5, 5.41) is 13.2. The van der Waals surface area contributed by atoms with Crippen LogP contribution < -0.4 is 5.32 Å². The van der Waals surface area contributed by atoms with Crippen LogP contribution in [0, 0.1) is 5.41 Å². The van der Waals surface area contributed by atoms with Gasteiger partial charge in [0.1, 0.15) is 0 Å². The Labute approximate surface area is 106 Å². The van der Waals surface area contributed by atoms with Crippen molar-refractivity contribution in [2.75, 3.05) is 13.2 Å². The van der Waals surface area contributed by atoms with Crippen LogP contribution in [0.3, 0.4) is 0 Å². The molecule has 2 atom stereocenters. The Morgan fingerprint density at radius 3 is 2.41 bits per heavy atom. The van der Waals surface area contributed by atoms with E-state index in [4.69, 9.17) is 4.74 Å². The maximum atomic E-state index is 9.84. The quantitative estimate of drug-likeness (QED) is 0.752. The van der Waals surface area contributed by atoms with E-state index in [0.29, 0.717) is 25.3 Å². The third kappa shape index (κ3) is 5.84. The number of rotatable bonds is 6. The summed E-state index contributed by atoms with van der Waals surface area (Å²) in [5.41, 5.74) is 0.228. The Morgan fingerprint density at radius 1 is 1.29 bits per heavy atom. The zero-order valence-electron chi connectivity index (χ0n) is 11.8. The summed E-state index contributed by atoms with van der Waals surface area (Å²) in [4.78, 5) is 0. The van der Waals surface area contributed by atoms with Crippen LogP contribution >= 0.6 is 0 Å². The molecule has 0 aromatic heterocycles. The van der Waals surface area contributed by atoms with Gasteiger partial charge in [-0.05, 0) is 25.2 Å². The highest BCUT2D eigenvalue weighted by Gasteiger charge is 2.21. The maximum absolute atomic E-state index is 9.84. The van der Waals surface area contributed by atoms with Crippen molar-refractivity contribution in [3.63, 3.8) is 0 Å². The Kier molecular flexibility index (Phi) is 5.90. The third-order valence-corrected chi connectivity index (χ3v) is 3.79. The molecule has 1 aliphatic carbocycles. The van der Waals surface area contributed by atoms with E-state index in [1.807, 2.05) is 0 Å². The van der Waals surface area contributed by atoms with Crippen LogP contribution in [0.2, 0.25) is 0 Å². The van der Waals surface area contributed by atoms with Crippen molar-refractivity contribution in [2.45, 2.75) is 71.6 Å². The number of ether oxygens (including phenoxy) is 1. The van der Waals surface area contributed by atoms with Crippen LogP contribution in [0.15, 0.2) is 0 Å². The second-order valence-corrected chi connectivity index (χ2v) is 6.39. The minimum atomic E-state index is -0.389. The molecule has 1 fully saturated rings. The van der Waals surface area contributed by atoms with Crippen molar-refractivity contribution in [1.82, 2.24) is 5.32 Å². The number of aliphatic hydroxyl groups is 1. The second kappa shape index (κ2) is 6.72. The molecule has 0 radical (unpaired) electrons. The van der Waals surface area contributed by atoms with Crippen molar-refractivity contribution < 1.29 is 9.84 Å². The van der Waals surface area contributed by atoms with Crippen LogP contribution in [0.5, 0.6) is 0 Å². The molecular weight excluding hydrogens is 214 g/mol. The Hall–Kier alpha value is -0.120. The van der Waals surface area contributed by atoms with Crippen LogP contribution in [0.4, 0.5) is 0 Å². The Morgan fingerprint density at radius 2 is 1.88 bits per heavy atom. The van der Waals surface area contributed by atoms with E-state index in [0.717, 1.165) is 0 Å². The van der Waals surface area contributed by atoms with Crippen molar-refractivity contribution >= 4 is 0 Å². The molecule has 3 nitrogen and oxygen atoms in total. The smallest absolute Gasteiger partial charge is 0.0897 e. The van der Waals surface area contributed by atoms with E-state index in [2.05, 4.69) is 33.0 Å². The number of hydrogen-bond acceptors (Lipinski definition) is 3. The van der Waals surface area contributed by atoms with Gasteiger partial charge in [-0.3, -0.25) is 0 Å². The molecule has 102 valence electrons. The van der Waals surface area contributed by atoms with E-state index >= 15 is 0 Å². The molecule has 0 aliphatic heterocycles. The van der Waals surface area contributed by atoms with E-state index in [9.17, 15) is 5.11 Å². The summed E-state index contributed by atoms with van der Waals surface area (Å²) in [6.45, 7) is 9.84. The molecule has 0 bridgehead atoms. The summed E-state index contributed by atoms with van der Waals surface area (Å²) in [6, 6.07) is 0.392. The molecule has 0 aromatic rings. The summed E-state index contributed by atoms with van der Waals surface area (Å²) >= 11 is 0. The van der Waals surface area contributed by atoms with Gasteiger partial charge in [0.15, 0.2) is 0 Å². The lowest BCUT2D eigenvalue weighted by Gasteiger charge is -2.29. The molecule has 1 saturated carbocycles. The van der Waals surface area contributed by atoms with Gasteiger partial charge < -0.3 is 15.2 Å². The van der Waals surface area contributed by atoms with Gasteiger partial charge in [-0.15, -0.1) is 0 Å². The topological polar surface area (TPSA) is 41.5 Å². The van der Waals surface area contributed by atoms with E-state index in [1.54, 1.807) is 0 Å². The summed E-state index contributed by atoms with van der Waals surface area (Å²) < 4.78 is 5.69. The molecule has 1 aliphatic rings. The molecule has 0 amide bonds. The zero-order chi connectivity index (χ0) is 12.9. The predicted octanol–water partition coefficient (Wildman–Crippen LogP) is 2.33. The summed E-state index contributed by atoms with van der Waals surface area (Å²) in [6.07, 6.45) is 4.89. The first-order valence-electron chi connectivity index (χ1n) is 6.92. The second-order valence-electron chi connectivity index (χ2n) is 6.39. The fraction of sp³-hybridized carbons (Fsp3) is 1.00. The first-order chi connectivity index (χ1) is 7.89. The minimum Gasteiger partial charge on any atom is -0.389 e. The minimum absolute atomic E-state index is 0.228. The molecule has 1 rings (SSSR count). The molecule has 17 heavy (non-hydrogen) atoms. The van der Waals surface area contributed by atoms with Gasteiger partial charge in [0.05, 0.1) is 18.8 Å². The monoisotopic (exact) mass is 243 g/mol. The SMILES string of the molecule is CC(NCC(O)COC1CCCC1)C(C)(C)C. The normalized spacial score (nSPS) is 21.7. The predicted molar refractivity (Wildman–Crippen MR) is 71.1 cm³/mol. The van der Waals surface area contributed by atoms with Gasteiger partial charge in [-0.2, -0.15) is 0 Å². The van der Waals surface area contributed by atoms with Gasteiger partial charge in [0, 0.05) is 12.6 Å². The summed E-state index contributed by atoms with van der Waals surface area (Å²) in [5.74, 6) is 0. The van der Waals surface area contributed by atoms with Crippen molar-refractivity contribution in [1.29, 1.82) is 0 Å². The van der Waals surface area contributed by atoms with Crippen molar-refractivity contribution in [3.05, 3.63) is 0 Å². The van der Waals surface area contributed by atoms with Crippen molar-refractivity contribution in [3.8, 4) is 0 Å². The van der Waals surface area contributed by atoms with Gasteiger partial charge in [0.25, 0.3) is 0 Å². The van der Waals surface area contributed by atoms with E-state index < -0.39 is 0 Å². The molecule has 3 heteroatoms. The Balaban J connectivity index is 2.10. The molecule has 0 saturated heterocycles. The highest BCUT2D eigenvalue weighted by molar-refractivity contribution is 4.77. The molecule has 0 aromatic carbocycles. The fourth-order valence-corrected chi connectivity index (χ4v) is 1.98. The highest BCUT2D eigenvalue weighted by Crippen LogP contribution is 2.21. The van der Waals surface area contributed by atoms with E-state index in [-0.39, 0.29) is 11.5 Å². The number of nitrogens with one attached hydrogen (secondary N) is 1. The number of aliphatic hydroxyl groups excluding tert-OH is 1. The zero-order valence-corrected chi connectivity index (χ0v) is 11.8. The van der Waals surface area contributed by atoms with Gasteiger partial charge in [-0.25, -0.2) is 0 Å². The molecular formula is C14H29NO2. The third-order valence-electron chi connectivity index (χ3n) is 3.79. The van der Waals surface area contributed by atoms with Crippen molar-refractivity contribution in [2.24, 2.45) is 5.41 Å². The lowest BCUT2D eigenvalue weighted by atomic mass is 9.88. The van der Waals surface area contributed by atoms with Gasteiger partial charge in [-0.1, -0.05) is 33.6 Å². The summed E-state index contributed by atoms with van der Waals surface area (Å²) in [7, 11) is 0. The highest BCUT2D eigenvalue weighted by atomic mass is 16.5. The molecule has 2 unspecified atom stereocenters. The lowest BCUT2D eigenvalue weighted by Crippen LogP contribution is -2.42. The molecule has 0 spiro atoms. The fourth-order valence-electron chi connectivity index (χ4n) is 1.98. The van der Waals surface area contributed by atoms with Gasteiger partial charge in [0.2, 0.25) is 0 Å². The van der Waals surface area contributed by atoms with Crippen LogP contribution in [0.1, 0.15) is 53.4 Å². The number of hydrogen-bond donors (Lipinski definition) is 2. The van der Waals surface area contributed by atoms with Gasteiger partial charge >= 0.3 is 0 Å². The molecule has 2 N–H and O–H groups in total.